The molecule has 0 aromatic heterocycles. The van der Waals surface area contributed by atoms with Crippen molar-refractivity contribution in [1.29, 1.82) is 0 Å². The predicted molar refractivity (Wildman–Crippen MR) is 73.2 cm³/mol. The topological polar surface area (TPSA) is 17.1 Å². The Hall–Kier alpha value is -1.15. The quantitative estimate of drug-likeness (QED) is 0.758. The number of carbonyl (C=O) groups is 1. The summed E-state index contributed by atoms with van der Waals surface area (Å²) in [6.07, 6.45) is 2.81. The van der Waals surface area contributed by atoms with Crippen molar-refractivity contribution in [1.82, 2.24) is 0 Å². The number of halogens is 1. The molecule has 1 fully saturated rings. The lowest BCUT2D eigenvalue weighted by atomic mass is 9.94. The molecule has 0 aliphatic heterocycles. The molecular formula is C15H13BrO. The van der Waals surface area contributed by atoms with Crippen LogP contribution in [0.5, 0.6) is 0 Å². The molecule has 0 heterocycles. The highest BCUT2D eigenvalue weighted by molar-refractivity contribution is 9.10. The number of ketones is 1. The fourth-order valence-electron chi connectivity index (χ4n) is 2.62. The molecule has 1 aliphatic carbocycles. The van der Waals surface area contributed by atoms with Gasteiger partial charge in [0.05, 0.1) is 0 Å². The highest BCUT2D eigenvalue weighted by atomic mass is 79.9. The van der Waals surface area contributed by atoms with Crippen LogP contribution in [-0.2, 0) is 4.79 Å². The van der Waals surface area contributed by atoms with Gasteiger partial charge in [0, 0.05) is 16.8 Å². The Morgan fingerprint density at radius 3 is 2.59 bits per heavy atom. The molecule has 1 unspecified atom stereocenters. The first kappa shape index (κ1) is 11.0. The Balaban J connectivity index is 2.07. The number of benzene rings is 2. The molecule has 3 rings (SSSR count). The number of Topliss-reactive ketones (excluding diaryl/α,β-unsaturated/α-hetero) is 1. The minimum atomic E-state index is 0.142. The van der Waals surface area contributed by atoms with Crippen LogP contribution in [-0.4, -0.2) is 5.78 Å². The van der Waals surface area contributed by atoms with E-state index in [4.69, 9.17) is 0 Å². The third-order valence-electron chi connectivity index (χ3n) is 3.53. The Morgan fingerprint density at radius 2 is 1.82 bits per heavy atom. The van der Waals surface area contributed by atoms with Crippen molar-refractivity contribution in [3.63, 3.8) is 0 Å². The monoisotopic (exact) mass is 288 g/mol. The molecule has 2 aromatic carbocycles. The van der Waals surface area contributed by atoms with Gasteiger partial charge in [0.25, 0.3) is 0 Å². The van der Waals surface area contributed by atoms with E-state index in [2.05, 4.69) is 46.3 Å². The van der Waals surface area contributed by atoms with Gasteiger partial charge in [-0.05, 0) is 41.3 Å². The van der Waals surface area contributed by atoms with Crippen LogP contribution >= 0.6 is 15.9 Å². The maximum atomic E-state index is 11.8. The van der Waals surface area contributed by atoms with Gasteiger partial charge in [-0.25, -0.2) is 0 Å². The summed E-state index contributed by atoms with van der Waals surface area (Å²) in [6, 6.07) is 12.6. The molecule has 86 valence electrons. The van der Waals surface area contributed by atoms with Gasteiger partial charge < -0.3 is 0 Å². The Morgan fingerprint density at radius 1 is 1.06 bits per heavy atom. The van der Waals surface area contributed by atoms with E-state index in [9.17, 15) is 4.79 Å². The van der Waals surface area contributed by atoms with Crippen molar-refractivity contribution in [3.05, 3.63) is 46.4 Å². The summed E-state index contributed by atoms with van der Waals surface area (Å²) in [5.74, 6) is 0.546. The Labute approximate surface area is 109 Å². The average Bonchev–Trinajstić information content (AvgIpc) is 2.75. The van der Waals surface area contributed by atoms with Crippen molar-refractivity contribution in [2.45, 2.75) is 25.2 Å². The van der Waals surface area contributed by atoms with E-state index in [1.807, 2.05) is 6.07 Å². The molecule has 0 saturated heterocycles. The molecule has 17 heavy (non-hydrogen) atoms. The minimum Gasteiger partial charge on any atom is -0.299 e. The molecule has 1 atom stereocenters. The van der Waals surface area contributed by atoms with Crippen molar-refractivity contribution in [2.75, 3.05) is 0 Å². The zero-order valence-electron chi connectivity index (χ0n) is 9.45. The van der Waals surface area contributed by atoms with E-state index in [1.54, 1.807) is 0 Å². The normalized spacial score (nSPS) is 20.1. The highest BCUT2D eigenvalue weighted by Crippen LogP contribution is 2.33. The lowest BCUT2D eigenvalue weighted by molar-refractivity contribution is -0.118. The highest BCUT2D eigenvalue weighted by Gasteiger charge is 2.25. The van der Waals surface area contributed by atoms with Gasteiger partial charge in [-0.3, -0.25) is 4.79 Å². The molecule has 1 nitrogen and oxygen atoms in total. The zero-order valence-corrected chi connectivity index (χ0v) is 11.0. The second kappa shape index (κ2) is 4.26. The predicted octanol–water partition coefficient (Wildman–Crippen LogP) is 4.44. The third-order valence-corrected chi connectivity index (χ3v) is 4.03. The van der Waals surface area contributed by atoms with E-state index < -0.39 is 0 Å². The van der Waals surface area contributed by atoms with Crippen LogP contribution in [0, 0.1) is 0 Å². The van der Waals surface area contributed by atoms with Gasteiger partial charge in [-0.1, -0.05) is 40.2 Å². The first-order chi connectivity index (χ1) is 8.24. The summed E-state index contributed by atoms with van der Waals surface area (Å²) < 4.78 is 1.09. The average molecular weight is 289 g/mol. The summed E-state index contributed by atoms with van der Waals surface area (Å²) in [5.41, 5.74) is 1.18. The lowest BCUT2D eigenvalue weighted by Gasteiger charge is -2.09. The summed E-state index contributed by atoms with van der Waals surface area (Å²) in [5, 5.41) is 2.43. The van der Waals surface area contributed by atoms with E-state index in [0.29, 0.717) is 5.78 Å². The van der Waals surface area contributed by atoms with Gasteiger partial charge in [0.1, 0.15) is 5.78 Å². The second-order valence-electron chi connectivity index (χ2n) is 4.66. The van der Waals surface area contributed by atoms with Crippen LogP contribution in [0.4, 0.5) is 0 Å². The first-order valence-corrected chi connectivity index (χ1v) is 6.75. The fraction of sp³-hybridized carbons (Fsp3) is 0.267. The van der Waals surface area contributed by atoms with Crippen molar-refractivity contribution < 1.29 is 4.79 Å². The van der Waals surface area contributed by atoms with Gasteiger partial charge in [-0.2, -0.15) is 0 Å². The minimum absolute atomic E-state index is 0.142. The molecule has 0 amide bonds. The molecule has 0 N–H and O–H groups in total. The number of rotatable bonds is 1. The maximum Gasteiger partial charge on any atom is 0.140 e. The second-order valence-corrected chi connectivity index (χ2v) is 5.58. The molecule has 2 aromatic rings. The van der Waals surface area contributed by atoms with Crippen LogP contribution in [0.1, 0.15) is 30.7 Å². The summed E-state index contributed by atoms with van der Waals surface area (Å²) in [6.45, 7) is 0. The standard InChI is InChI=1S/C15H13BrO/c16-13-7-6-10-8-12(5-4-11(10)9-13)14-2-1-3-15(14)17/h4-9,14H,1-3H2. The molecule has 0 bridgehead atoms. The van der Waals surface area contributed by atoms with Crippen LogP contribution in [0.15, 0.2) is 40.9 Å². The van der Waals surface area contributed by atoms with Crippen molar-refractivity contribution in [2.24, 2.45) is 0 Å². The molecule has 0 spiro atoms. The largest absolute Gasteiger partial charge is 0.299 e. The van der Waals surface area contributed by atoms with Crippen LogP contribution in [0.3, 0.4) is 0 Å². The van der Waals surface area contributed by atoms with Gasteiger partial charge in [0.15, 0.2) is 0 Å². The summed E-state index contributed by atoms with van der Waals surface area (Å²) in [4.78, 5) is 11.8. The van der Waals surface area contributed by atoms with E-state index in [1.165, 1.54) is 16.3 Å². The Kier molecular flexibility index (Phi) is 2.75. The van der Waals surface area contributed by atoms with Crippen LogP contribution < -0.4 is 0 Å². The van der Waals surface area contributed by atoms with Gasteiger partial charge >= 0.3 is 0 Å². The fourth-order valence-corrected chi connectivity index (χ4v) is 3.00. The number of carbonyl (C=O) groups excluding carboxylic acids is 1. The van der Waals surface area contributed by atoms with Gasteiger partial charge in [-0.15, -0.1) is 0 Å². The van der Waals surface area contributed by atoms with E-state index in [0.717, 1.165) is 23.7 Å². The number of hydrogen-bond donors (Lipinski definition) is 0. The van der Waals surface area contributed by atoms with E-state index >= 15 is 0 Å². The molecular weight excluding hydrogens is 276 g/mol. The SMILES string of the molecule is O=C1CCCC1c1ccc2cc(Br)ccc2c1. The molecule has 2 heteroatoms. The van der Waals surface area contributed by atoms with Crippen LogP contribution in [0.25, 0.3) is 10.8 Å². The molecule has 1 saturated carbocycles. The number of hydrogen-bond acceptors (Lipinski definition) is 1. The summed E-state index contributed by atoms with van der Waals surface area (Å²) in [7, 11) is 0. The smallest absolute Gasteiger partial charge is 0.140 e. The van der Waals surface area contributed by atoms with Gasteiger partial charge in [0.2, 0.25) is 0 Å². The Bertz CT molecular complexity index is 588. The van der Waals surface area contributed by atoms with Crippen molar-refractivity contribution in [3.8, 4) is 0 Å². The van der Waals surface area contributed by atoms with E-state index in [-0.39, 0.29) is 5.92 Å². The molecule has 1 aliphatic rings. The molecule has 0 radical (unpaired) electrons. The summed E-state index contributed by atoms with van der Waals surface area (Å²) >= 11 is 3.47. The third kappa shape index (κ3) is 2.02. The van der Waals surface area contributed by atoms with Crippen molar-refractivity contribution >= 4 is 32.5 Å². The number of fused-ring (bicyclic) bond motifs is 1. The van der Waals surface area contributed by atoms with Crippen LogP contribution in [0.2, 0.25) is 0 Å². The zero-order chi connectivity index (χ0) is 11.8. The lowest BCUT2D eigenvalue weighted by Crippen LogP contribution is -2.03. The first-order valence-electron chi connectivity index (χ1n) is 5.96. The maximum absolute atomic E-state index is 11.8.